The van der Waals surface area contributed by atoms with Crippen molar-refractivity contribution in [1.82, 2.24) is 9.78 Å². The SMILES string of the molecule is Cc1cc2n(n1)[C@H](c1cccs1)Nc1c(C)cccc1-2. The standard InChI is InChI=1S/C16H15N3S/c1-10-5-3-6-12-13-9-11(2)18-19(13)16(17-15(10)12)14-7-4-8-20-14/h3-9,16-17H,1-2H3/t16-/m1/s1. The van der Waals surface area contributed by atoms with Gasteiger partial charge in [0.1, 0.15) is 0 Å². The van der Waals surface area contributed by atoms with E-state index in [1.54, 1.807) is 11.3 Å². The third-order valence-electron chi connectivity index (χ3n) is 3.74. The summed E-state index contributed by atoms with van der Waals surface area (Å²) in [5, 5.41) is 10.4. The molecule has 0 saturated heterocycles. The summed E-state index contributed by atoms with van der Waals surface area (Å²) in [7, 11) is 0. The van der Waals surface area contributed by atoms with E-state index >= 15 is 0 Å². The minimum absolute atomic E-state index is 0.0901. The maximum Gasteiger partial charge on any atom is 0.156 e. The van der Waals surface area contributed by atoms with Crippen LogP contribution in [0.3, 0.4) is 0 Å². The molecule has 1 aliphatic heterocycles. The van der Waals surface area contributed by atoms with E-state index in [9.17, 15) is 0 Å². The molecule has 0 fully saturated rings. The molecule has 0 unspecified atom stereocenters. The van der Waals surface area contributed by atoms with Crippen LogP contribution in [-0.4, -0.2) is 9.78 Å². The maximum atomic E-state index is 4.68. The summed E-state index contributed by atoms with van der Waals surface area (Å²) < 4.78 is 2.10. The van der Waals surface area contributed by atoms with Crippen molar-refractivity contribution in [3.05, 3.63) is 57.9 Å². The predicted molar refractivity (Wildman–Crippen MR) is 83.2 cm³/mol. The first-order valence-corrected chi connectivity index (χ1v) is 7.58. The van der Waals surface area contributed by atoms with Crippen molar-refractivity contribution < 1.29 is 0 Å². The van der Waals surface area contributed by atoms with E-state index in [0.717, 1.165) is 5.69 Å². The second-order valence-corrected chi connectivity index (χ2v) is 6.15. The molecule has 1 aromatic carbocycles. The van der Waals surface area contributed by atoms with Crippen LogP contribution in [0.2, 0.25) is 0 Å². The van der Waals surface area contributed by atoms with Crippen LogP contribution in [-0.2, 0) is 0 Å². The molecule has 4 rings (SSSR count). The van der Waals surface area contributed by atoms with Gasteiger partial charge in [0.2, 0.25) is 0 Å². The first-order valence-electron chi connectivity index (χ1n) is 6.70. The molecule has 1 atom stereocenters. The van der Waals surface area contributed by atoms with Crippen LogP contribution in [0, 0.1) is 13.8 Å². The molecule has 3 heterocycles. The van der Waals surface area contributed by atoms with E-state index in [1.807, 2.05) is 6.92 Å². The highest BCUT2D eigenvalue weighted by atomic mass is 32.1. The predicted octanol–water partition coefficient (Wildman–Crippen LogP) is 4.20. The molecule has 0 spiro atoms. The number of nitrogens with one attached hydrogen (secondary N) is 1. The first kappa shape index (κ1) is 11.7. The number of rotatable bonds is 1. The molecule has 0 saturated carbocycles. The molecule has 2 aromatic heterocycles. The monoisotopic (exact) mass is 281 g/mol. The Hall–Kier alpha value is -2.07. The van der Waals surface area contributed by atoms with Crippen molar-refractivity contribution in [3.63, 3.8) is 0 Å². The number of hydrogen-bond donors (Lipinski definition) is 1. The Morgan fingerprint density at radius 1 is 1.20 bits per heavy atom. The fourth-order valence-corrected chi connectivity index (χ4v) is 3.58. The Balaban J connectivity index is 1.97. The van der Waals surface area contributed by atoms with Gasteiger partial charge < -0.3 is 5.32 Å². The second-order valence-electron chi connectivity index (χ2n) is 5.18. The quantitative estimate of drug-likeness (QED) is 0.724. The number of nitrogens with zero attached hydrogens (tertiary/aromatic N) is 2. The summed E-state index contributed by atoms with van der Waals surface area (Å²) in [6.45, 7) is 4.20. The molecule has 0 radical (unpaired) electrons. The van der Waals surface area contributed by atoms with Gasteiger partial charge in [-0.1, -0.05) is 24.3 Å². The third-order valence-corrected chi connectivity index (χ3v) is 4.67. The van der Waals surface area contributed by atoms with E-state index in [0.29, 0.717) is 0 Å². The third kappa shape index (κ3) is 1.61. The number of aryl methyl sites for hydroxylation is 2. The Kier molecular flexibility index (Phi) is 2.47. The van der Waals surface area contributed by atoms with E-state index in [2.05, 4.69) is 63.8 Å². The van der Waals surface area contributed by atoms with Crippen molar-refractivity contribution in [3.8, 4) is 11.3 Å². The van der Waals surface area contributed by atoms with Crippen LogP contribution in [0.1, 0.15) is 22.3 Å². The van der Waals surface area contributed by atoms with E-state index in [-0.39, 0.29) is 6.17 Å². The number of thiophene rings is 1. The van der Waals surface area contributed by atoms with Gasteiger partial charge in [-0.15, -0.1) is 11.3 Å². The zero-order valence-electron chi connectivity index (χ0n) is 11.4. The number of hydrogen-bond acceptors (Lipinski definition) is 3. The molecule has 0 bridgehead atoms. The Morgan fingerprint density at radius 2 is 2.10 bits per heavy atom. The lowest BCUT2D eigenvalue weighted by molar-refractivity contribution is 0.578. The molecule has 20 heavy (non-hydrogen) atoms. The minimum atomic E-state index is 0.0901. The minimum Gasteiger partial charge on any atom is -0.359 e. The van der Waals surface area contributed by atoms with Crippen molar-refractivity contribution >= 4 is 17.0 Å². The topological polar surface area (TPSA) is 29.9 Å². The van der Waals surface area contributed by atoms with Crippen LogP contribution in [0.5, 0.6) is 0 Å². The number of para-hydroxylation sites is 1. The molecule has 4 heteroatoms. The molecular formula is C16H15N3S. The fourth-order valence-electron chi connectivity index (χ4n) is 2.82. The van der Waals surface area contributed by atoms with Gasteiger partial charge in [0.25, 0.3) is 0 Å². The van der Waals surface area contributed by atoms with Crippen LogP contribution in [0.25, 0.3) is 11.3 Å². The van der Waals surface area contributed by atoms with Crippen LogP contribution in [0.4, 0.5) is 5.69 Å². The Morgan fingerprint density at radius 3 is 2.90 bits per heavy atom. The number of benzene rings is 1. The highest BCUT2D eigenvalue weighted by molar-refractivity contribution is 7.10. The van der Waals surface area contributed by atoms with E-state index in [1.165, 1.54) is 27.4 Å². The molecule has 0 aliphatic carbocycles. The first-order chi connectivity index (χ1) is 9.74. The molecule has 0 amide bonds. The van der Waals surface area contributed by atoms with Crippen LogP contribution in [0.15, 0.2) is 41.8 Å². The van der Waals surface area contributed by atoms with Crippen molar-refractivity contribution in [2.45, 2.75) is 20.0 Å². The van der Waals surface area contributed by atoms with Gasteiger partial charge >= 0.3 is 0 Å². The zero-order chi connectivity index (χ0) is 13.7. The second kappa shape index (κ2) is 4.21. The van der Waals surface area contributed by atoms with E-state index < -0.39 is 0 Å². The Labute approximate surface area is 121 Å². The number of fused-ring (bicyclic) bond motifs is 3. The highest BCUT2D eigenvalue weighted by Gasteiger charge is 2.27. The van der Waals surface area contributed by atoms with Crippen molar-refractivity contribution in [2.24, 2.45) is 0 Å². The lowest BCUT2D eigenvalue weighted by Crippen LogP contribution is -2.25. The normalized spacial score (nSPS) is 16.4. The largest absolute Gasteiger partial charge is 0.359 e. The maximum absolute atomic E-state index is 4.68. The Bertz CT molecular complexity index is 771. The molecule has 1 N–H and O–H groups in total. The van der Waals surface area contributed by atoms with Crippen molar-refractivity contribution in [1.29, 1.82) is 0 Å². The van der Waals surface area contributed by atoms with Gasteiger partial charge in [-0.2, -0.15) is 5.10 Å². The average Bonchev–Trinajstić information content (AvgIpc) is 3.06. The van der Waals surface area contributed by atoms with Gasteiger partial charge in [0.05, 0.1) is 11.4 Å². The highest BCUT2D eigenvalue weighted by Crippen LogP contribution is 2.40. The van der Waals surface area contributed by atoms with Crippen molar-refractivity contribution in [2.75, 3.05) is 5.32 Å². The summed E-state index contributed by atoms with van der Waals surface area (Å²) >= 11 is 1.76. The molecule has 100 valence electrons. The number of aromatic nitrogens is 2. The van der Waals surface area contributed by atoms with Gasteiger partial charge in [-0.3, -0.25) is 0 Å². The average molecular weight is 281 g/mol. The van der Waals surface area contributed by atoms with Gasteiger partial charge in [-0.25, -0.2) is 4.68 Å². The summed E-state index contributed by atoms with van der Waals surface area (Å²) in [6, 6.07) is 12.8. The van der Waals surface area contributed by atoms with Crippen LogP contribution < -0.4 is 5.32 Å². The summed E-state index contributed by atoms with van der Waals surface area (Å²) in [6.07, 6.45) is 0.0901. The lowest BCUT2D eigenvalue weighted by Gasteiger charge is -2.29. The molecular weight excluding hydrogens is 266 g/mol. The van der Waals surface area contributed by atoms with E-state index in [4.69, 9.17) is 0 Å². The fraction of sp³-hybridized carbons (Fsp3) is 0.188. The molecule has 3 nitrogen and oxygen atoms in total. The summed E-state index contributed by atoms with van der Waals surface area (Å²) in [5.41, 5.74) is 5.97. The zero-order valence-corrected chi connectivity index (χ0v) is 12.2. The van der Waals surface area contributed by atoms with Crippen LogP contribution >= 0.6 is 11.3 Å². The summed E-state index contributed by atoms with van der Waals surface area (Å²) in [4.78, 5) is 1.28. The van der Waals surface area contributed by atoms with Gasteiger partial charge in [0.15, 0.2) is 6.17 Å². The molecule has 1 aliphatic rings. The van der Waals surface area contributed by atoms with Gasteiger partial charge in [0, 0.05) is 16.1 Å². The smallest absolute Gasteiger partial charge is 0.156 e. The number of anilines is 1. The summed E-state index contributed by atoms with van der Waals surface area (Å²) in [5.74, 6) is 0. The van der Waals surface area contributed by atoms with Gasteiger partial charge in [-0.05, 0) is 36.9 Å². The molecule has 3 aromatic rings. The lowest BCUT2D eigenvalue weighted by atomic mass is 10.0.